The number of ketones is 1. The van der Waals surface area contributed by atoms with E-state index in [1.165, 1.54) is 54.6 Å². The lowest BCUT2D eigenvalue weighted by molar-refractivity contribution is -0.277. The predicted octanol–water partition coefficient (Wildman–Crippen LogP) is 1.97. The second kappa shape index (κ2) is 12.0. The highest BCUT2D eigenvalue weighted by Gasteiger charge is 2.54. The van der Waals surface area contributed by atoms with Gasteiger partial charge in [0.25, 0.3) is 5.79 Å². The summed E-state index contributed by atoms with van der Waals surface area (Å²) in [6.45, 7) is -0.705. The number of carbonyl (C=O) groups excluding carboxylic acids is 1. The fraction of sp³-hybridized carbons (Fsp3) is 0.306. The maximum atomic E-state index is 13.6. The number of aromatic hydroxyl groups is 6. The zero-order valence-electron chi connectivity index (χ0n) is 26.8. The summed E-state index contributed by atoms with van der Waals surface area (Å²) < 4.78 is 30.5. The van der Waals surface area contributed by atoms with Gasteiger partial charge in [-0.15, -0.1) is 0 Å². The maximum absolute atomic E-state index is 13.6. The van der Waals surface area contributed by atoms with Gasteiger partial charge >= 0.3 is 0 Å². The molecule has 4 aliphatic rings. The van der Waals surface area contributed by atoms with Gasteiger partial charge in [0.15, 0.2) is 28.8 Å². The molecule has 0 aliphatic carbocycles. The van der Waals surface area contributed by atoms with Gasteiger partial charge in [0.05, 0.1) is 13.0 Å². The number of aliphatic hydroxyl groups excluding tert-OH is 4. The Labute approximate surface area is 293 Å². The van der Waals surface area contributed by atoms with Crippen LogP contribution in [0.2, 0.25) is 0 Å². The molecular formula is C36H32O16. The van der Waals surface area contributed by atoms with Crippen molar-refractivity contribution >= 4 is 5.78 Å². The number of aliphatic hydroxyl groups is 4. The van der Waals surface area contributed by atoms with Crippen molar-refractivity contribution in [1.82, 2.24) is 0 Å². The normalized spacial score (nSPS) is 28.7. The average molecular weight is 721 g/mol. The summed E-state index contributed by atoms with van der Waals surface area (Å²) >= 11 is 0. The molecule has 4 aliphatic heterocycles. The minimum atomic E-state index is -1.80. The van der Waals surface area contributed by atoms with E-state index >= 15 is 0 Å². The van der Waals surface area contributed by atoms with Gasteiger partial charge in [-0.2, -0.15) is 0 Å². The standard InChI is InChI=1S/C36H32O16/c37-12-27-31(45)32(46)33(47)35(50-27)48-15-7-21(42)28-16-11-36(51-25(28)8-15,14-2-4-18(39)20(41)6-14)52-26-10-23(44)30-22(43)9-24(49-34(30)29(16)26)13-1-3-17(38)19(40)5-13/h1-8,10,16,24,27,31-33,35,37-42,44-47H,9,11-12H2/t16-,24?,27+,31+,32-,33+,35-,36-/m1/s1. The Hall–Kier alpha value is -5.65. The molecule has 272 valence electrons. The molecular weight excluding hydrogens is 688 g/mol. The molecule has 0 amide bonds. The van der Waals surface area contributed by atoms with Crippen molar-refractivity contribution in [2.75, 3.05) is 6.61 Å². The van der Waals surface area contributed by atoms with E-state index in [-0.39, 0.29) is 63.8 Å². The van der Waals surface area contributed by atoms with Crippen LogP contribution in [0.5, 0.6) is 57.5 Å². The minimum absolute atomic E-state index is 0.00577. The van der Waals surface area contributed by atoms with Gasteiger partial charge < -0.3 is 74.7 Å². The molecule has 1 saturated heterocycles. The van der Waals surface area contributed by atoms with Crippen LogP contribution < -0.4 is 18.9 Å². The molecule has 1 fully saturated rings. The molecule has 2 bridgehead atoms. The van der Waals surface area contributed by atoms with Crippen LogP contribution in [0.3, 0.4) is 0 Å². The molecule has 8 atom stereocenters. The number of rotatable bonds is 5. The van der Waals surface area contributed by atoms with Crippen molar-refractivity contribution in [2.24, 2.45) is 0 Å². The molecule has 0 saturated carbocycles. The Kier molecular flexibility index (Phi) is 7.70. The lowest BCUT2D eigenvalue weighted by Gasteiger charge is -2.47. The Morgan fingerprint density at radius 1 is 0.731 bits per heavy atom. The van der Waals surface area contributed by atoms with Crippen molar-refractivity contribution < 1.29 is 79.5 Å². The fourth-order valence-corrected chi connectivity index (χ4v) is 7.29. The van der Waals surface area contributed by atoms with Crippen LogP contribution in [-0.4, -0.2) is 94.2 Å². The molecule has 4 aromatic rings. The van der Waals surface area contributed by atoms with Crippen LogP contribution >= 0.6 is 0 Å². The molecule has 10 N–H and O–H groups in total. The molecule has 8 rings (SSSR count). The van der Waals surface area contributed by atoms with Gasteiger partial charge in [-0.3, -0.25) is 4.79 Å². The zero-order chi connectivity index (χ0) is 36.8. The molecule has 16 heteroatoms. The van der Waals surface area contributed by atoms with E-state index in [1.807, 2.05) is 0 Å². The molecule has 52 heavy (non-hydrogen) atoms. The SMILES string of the molecule is O=C1CC(c2ccc(O)c(O)c2)Oc2c1c(O)cc1c2[C@@H]2C[C@@](c3ccc(O)c(O)c3)(Oc3cc(O[C@@H]4O[C@@H](CO)[C@H](O)[C@@H](O)[C@@H]4O)cc(O)c32)O1. The second-order valence-electron chi connectivity index (χ2n) is 13.1. The van der Waals surface area contributed by atoms with Gasteiger partial charge in [-0.05, 0) is 35.9 Å². The minimum Gasteiger partial charge on any atom is -0.507 e. The number of carbonyl (C=O) groups is 1. The van der Waals surface area contributed by atoms with E-state index in [2.05, 4.69) is 0 Å². The Bertz CT molecular complexity index is 2110. The quantitative estimate of drug-likeness (QED) is 0.132. The Balaban J connectivity index is 1.27. The smallest absolute Gasteiger partial charge is 0.279 e. The number of benzene rings is 4. The first-order chi connectivity index (χ1) is 24.8. The van der Waals surface area contributed by atoms with Crippen LogP contribution in [0.15, 0.2) is 54.6 Å². The van der Waals surface area contributed by atoms with Crippen LogP contribution in [0.25, 0.3) is 0 Å². The van der Waals surface area contributed by atoms with Crippen molar-refractivity contribution in [2.45, 2.75) is 61.4 Å². The average Bonchev–Trinajstić information content (AvgIpc) is 3.10. The summed E-state index contributed by atoms with van der Waals surface area (Å²) in [4.78, 5) is 13.6. The summed E-state index contributed by atoms with van der Waals surface area (Å²) in [5.74, 6) is -6.08. The van der Waals surface area contributed by atoms with E-state index in [0.29, 0.717) is 5.56 Å². The number of phenols is 6. The molecule has 0 aromatic heterocycles. The van der Waals surface area contributed by atoms with Crippen molar-refractivity contribution in [1.29, 1.82) is 0 Å². The highest BCUT2D eigenvalue weighted by Crippen LogP contribution is 2.62. The third-order valence-electron chi connectivity index (χ3n) is 9.87. The fourth-order valence-electron chi connectivity index (χ4n) is 7.29. The maximum Gasteiger partial charge on any atom is 0.279 e. The third kappa shape index (κ3) is 5.14. The van der Waals surface area contributed by atoms with E-state index in [4.69, 9.17) is 23.7 Å². The van der Waals surface area contributed by atoms with Gasteiger partial charge in [-0.25, -0.2) is 0 Å². The van der Waals surface area contributed by atoms with Gasteiger partial charge in [0.1, 0.15) is 70.6 Å². The molecule has 1 unspecified atom stereocenters. The summed E-state index contributed by atoms with van der Waals surface area (Å²) in [5.41, 5.74) is 0.816. The van der Waals surface area contributed by atoms with E-state index in [1.54, 1.807) is 0 Å². The zero-order valence-corrected chi connectivity index (χ0v) is 26.8. The second-order valence-corrected chi connectivity index (χ2v) is 13.1. The van der Waals surface area contributed by atoms with Crippen LogP contribution in [0.1, 0.15) is 57.5 Å². The third-order valence-corrected chi connectivity index (χ3v) is 9.87. The van der Waals surface area contributed by atoms with E-state index in [9.17, 15) is 55.9 Å². The topological polar surface area (TPSA) is 266 Å². The Morgan fingerprint density at radius 2 is 1.42 bits per heavy atom. The van der Waals surface area contributed by atoms with Gasteiger partial charge in [0, 0.05) is 47.2 Å². The first-order valence-corrected chi connectivity index (χ1v) is 16.1. The highest BCUT2D eigenvalue weighted by atomic mass is 16.7. The first kappa shape index (κ1) is 33.5. The molecule has 0 spiro atoms. The monoisotopic (exact) mass is 720 g/mol. The number of hydrogen-bond acceptors (Lipinski definition) is 16. The predicted molar refractivity (Wildman–Crippen MR) is 172 cm³/mol. The van der Waals surface area contributed by atoms with E-state index in [0.717, 1.165) is 0 Å². The number of Topliss-reactive ketones (excluding diaryl/α,β-unsaturated/α-hetero) is 1. The van der Waals surface area contributed by atoms with Crippen molar-refractivity contribution in [3.63, 3.8) is 0 Å². The Morgan fingerprint density at radius 3 is 2.12 bits per heavy atom. The van der Waals surface area contributed by atoms with Crippen LogP contribution in [-0.2, 0) is 10.5 Å². The number of phenolic OH excluding ortho intramolecular Hbond substituents is 6. The molecule has 4 heterocycles. The number of fused-ring (bicyclic) bond motifs is 8. The van der Waals surface area contributed by atoms with Crippen molar-refractivity contribution in [3.05, 3.63) is 82.4 Å². The summed E-state index contributed by atoms with van der Waals surface area (Å²) in [6.07, 6.45) is -9.34. The lowest BCUT2D eigenvalue weighted by Crippen LogP contribution is -2.60. The molecule has 0 radical (unpaired) electrons. The van der Waals surface area contributed by atoms with Gasteiger partial charge in [0.2, 0.25) is 6.29 Å². The summed E-state index contributed by atoms with van der Waals surface area (Å²) in [5, 5.41) is 104. The first-order valence-electron chi connectivity index (χ1n) is 16.1. The lowest BCUT2D eigenvalue weighted by atomic mass is 9.76. The van der Waals surface area contributed by atoms with Crippen molar-refractivity contribution in [3.8, 4) is 57.5 Å². The van der Waals surface area contributed by atoms with E-state index < -0.39 is 89.7 Å². The highest BCUT2D eigenvalue weighted by molar-refractivity contribution is 6.03. The largest absolute Gasteiger partial charge is 0.507 e. The summed E-state index contributed by atoms with van der Waals surface area (Å²) in [6, 6.07) is 11.5. The van der Waals surface area contributed by atoms with Gasteiger partial charge in [-0.1, -0.05) is 6.07 Å². The molecule has 16 nitrogen and oxygen atoms in total. The number of ether oxygens (including phenoxy) is 5. The summed E-state index contributed by atoms with van der Waals surface area (Å²) in [7, 11) is 0. The van der Waals surface area contributed by atoms with Crippen LogP contribution in [0, 0.1) is 0 Å². The van der Waals surface area contributed by atoms with Crippen LogP contribution in [0.4, 0.5) is 0 Å². The number of hydrogen-bond donors (Lipinski definition) is 10. The molecule has 4 aromatic carbocycles.